The number of carbonyl (C=O) groups excluding carboxylic acids is 3. The minimum atomic E-state index is -1.04. The van der Waals surface area contributed by atoms with Gasteiger partial charge in [-0.1, -0.05) is 18.5 Å². The first-order chi connectivity index (χ1) is 12.3. The van der Waals surface area contributed by atoms with Gasteiger partial charge >= 0.3 is 6.03 Å². The Balaban J connectivity index is 1.56. The highest BCUT2D eigenvalue weighted by Crippen LogP contribution is 2.24. The number of hydrogen-bond donors (Lipinski definition) is 2. The summed E-state index contributed by atoms with van der Waals surface area (Å²) in [7, 11) is 0. The number of halogens is 1. The highest BCUT2D eigenvalue weighted by Gasteiger charge is 2.44. The molecule has 1 aromatic rings. The number of amides is 4. The van der Waals surface area contributed by atoms with Crippen molar-refractivity contribution in [3.05, 3.63) is 23.5 Å². The topological polar surface area (TPSA) is 94.6 Å². The monoisotopic (exact) mass is 379 g/mol. The smallest absolute Gasteiger partial charge is 0.322 e. The maximum Gasteiger partial charge on any atom is 0.322 e. The quantitative estimate of drug-likeness (QED) is 0.761. The summed E-state index contributed by atoms with van der Waals surface area (Å²) in [5.74, 6) is -0.770. The Morgan fingerprint density at radius 2 is 2.00 bits per heavy atom. The number of rotatable bonds is 4. The maximum atomic E-state index is 12.7. The van der Waals surface area contributed by atoms with Gasteiger partial charge in [-0.3, -0.25) is 19.9 Å². The fourth-order valence-electron chi connectivity index (χ4n) is 3.49. The van der Waals surface area contributed by atoms with Crippen LogP contribution in [0, 0.1) is 5.92 Å². The van der Waals surface area contributed by atoms with Crippen LogP contribution in [-0.2, 0) is 9.59 Å². The van der Waals surface area contributed by atoms with Gasteiger partial charge in [-0.2, -0.15) is 0 Å². The summed E-state index contributed by atoms with van der Waals surface area (Å²) in [6, 6.07) is 1.34. The van der Waals surface area contributed by atoms with Crippen molar-refractivity contribution in [2.24, 2.45) is 5.92 Å². The zero-order chi connectivity index (χ0) is 18.9. The molecule has 2 atom stereocenters. The van der Waals surface area contributed by atoms with E-state index in [1.807, 2.05) is 6.07 Å². The summed E-state index contributed by atoms with van der Waals surface area (Å²) in [5, 5.41) is 5.41. The number of carbonyl (C=O) groups is 3. The van der Waals surface area contributed by atoms with Crippen molar-refractivity contribution in [2.45, 2.75) is 25.8 Å². The Morgan fingerprint density at radius 1 is 1.31 bits per heavy atom. The summed E-state index contributed by atoms with van der Waals surface area (Å²) in [4.78, 5) is 44.1. The standard InChI is InChI=1S/C17H22ClN5O3/c1-11(8-17(2)15(25)20-16(26)21-17)14(24)23-5-3-22(4-6-23)13-7-12(18)9-19-10-13/h7,9-11H,3-6,8H2,1-2H3,(H2,20,21,25,26). The molecule has 1 aromatic heterocycles. The minimum absolute atomic E-state index is 0.0101. The fraction of sp³-hybridized carbons (Fsp3) is 0.529. The van der Waals surface area contributed by atoms with Gasteiger partial charge in [0, 0.05) is 38.3 Å². The fourth-order valence-corrected chi connectivity index (χ4v) is 3.66. The van der Waals surface area contributed by atoms with Gasteiger partial charge in [0.15, 0.2) is 0 Å². The predicted octanol–water partition coefficient (Wildman–Crippen LogP) is 1.01. The first kappa shape index (κ1) is 18.4. The Bertz CT molecular complexity index is 735. The van der Waals surface area contributed by atoms with Crippen LogP contribution in [-0.4, -0.2) is 59.4 Å². The van der Waals surface area contributed by atoms with E-state index in [4.69, 9.17) is 11.6 Å². The Kier molecular flexibility index (Phi) is 5.04. The molecule has 2 unspecified atom stereocenters. The third-order valence-corrected chi connectivity index (χ3v) is 5.11. The van der Waals surface area contributed by atoms with Crippen molar-refractivity contribution >= 4 is 35.1 Å². The zero-order valence-corrected chi connectivity index (χ0v) is 15.5. The van der Waals surface area contributed by atoms with Crippen molar-refractivity contribution in [3.8, 4) is 0 Å². The van der Waals surface area contributed by atoms with Crippen LogP contribution >= 0.6 is 11.6 Å². The van der Waals surface area contributed by atoms with E-state index in [1.54, 1.807) is 31.1 Å². The lowest BCUT2D eigenvalue weighted by Crippen LogP contribution is -2.52. The molecule has 2 aliphatic rings. The van der Waals surface area contributed by atoms with E-state index in [0.717, 1.165) is 5.69 Å². The first-order valence-corrected chi connectivity index (χ1v) is 8.94. The molecule has 2 saturated heterocycles. The predicted molar refractivity (Wildman–Crippen MR) is 96.9 cm³/mol. The SMILES string of the molecule is CC(CC1(C)NC(=O)NC1=O)C(=O)N1CCN(c2cncc(Cl)c2)CC1. The van der Waals surface area contributed by atoms with E-state index in [1.165, 1.54) is 0 Å². The van der Waals surface area contributed by atoms with E-state index in [-0.39, 0.29) is 24.2 Å². The molecule has 0 radical (unpaired) electrons. The van der Waals surface area contributed by atoms with Crippen molar-refractivity contribution in [2.75, 3.05) is 31.1 Å². The molecule has 26 heavy (non-hydrogen) atoms. The lowest BCUT2D eigenvalue weighted by atomic mass is 9.89. The number of nitrogens with one attached hydrogen (secondary N) is 2. The molecule has 9 heteroatoms. The normalized spacial score (nSPS) is 24.3. The second-order valence-corrected chi connectivity index (χ2v) is 7.46. The second-order valence-electron chi connectivity index (χ2n) is 7.02. The zero-order valence-electron chi connectivity index (χ0n) is 14.8. The number of imide groups is 1. The van der Waals surface area contributed by atoms with Crippen LogP contribution in [0.4, 0.5) is 10.5 Å². The van der Waals surface area contributed by atoms with Gasteiger partial charge in [-0.15, -0.1) is 0 Å². The molecule has 0 bridgehead atoms. The van der Waals surface area contributed by atoms with Gasteiger partial charge in [0.05, 0.1) is 16.9 Å². The Hall–Kier alpha value is -2.35. The van der Waals surface area contributed by atoms with Gasteiger partial charge in [0.1, 0.15) is 5.54 Å². The highest BCUT2D eigenvalue weighted by atomic mass is 35.5. The lowest BCUT2D eigenvalue weighted by Gasteiger charge is -2.37. The van der Waals surface area contributed by atoms with Crippen LogP contribution in [0.15, 0.2) is 18.5 Å². The van der Waals surface area contributed by atoms with Crippen molar-refractivity contribution < 1.29 is 14.4 Å². The number of anilines is 1. The van der Waals surface area contributed by atoms with Crippen molar-refractivity contribution in [1.29, 1.82) is 0 Å². The molecule has 140 valence electrons. The maximum absolute atomic E-state index is 12.7. The molecule has 0 spiro atoms. The molecule has 0 saturated carbocycles. The molecule has 4 amide bonds. The highest BCUT2D eigenvalue weighted by molar-refractivity contribution is 6.30. The van der Waals surface area contributed by atoms with Gasteiger partial charge < -0.3 is 15.1 Å². The molecular formula is C17H22ClN5O3. The molecule has 2 N–H and O–H groups in total. The van der Waals surface area contributed by atoms with Crippen LogP contribution in [0.25, 0.3) is 0 Å². The molecule has 3 rings (SSSR count). The van der Waals surface area contributed by atoms with Gasteiger partial charge in [-0.25, -0.2) is 4.79 Å². The molecule has 0 aliphatic carbocycles. The third-order valence-electron chi connectivity index (χ3n) is 4.90. The Morgan fingerprint density at radius 3 is 2.58 bits per heavy atom. The summed E-state index contributed by atoms with van der Waals surface area (Å²) in [6.45, 7) is 5.99. The number of aromatic nitrogens is 1. The first-order valence-electron chi connectivity index (χ1n) is 8.56. The van der Waals surface area contributed by atoms with Crippen LogP contribution < -0.4 is 15.5 Å². The van der Waals surface area contributed by atoms with Crippen LogP contribution in [0.1, 0.15) is 20.3 Å². The molecular weight excluding hydrogens is 358 g/mol. The number of nitrogens with zero attached hydrogens (tertiary/aromatic N) is 3. The van der Waals surface area contributed by atoms with Crippen molar-refractivity contribution in [3.63, 3.8) is 0 Å². The van der Waals surface area contributed by atoms with E-state index in [2.05, 4.69) is 20.5 Å². The molecule has 8 nitrogen and oxygen atoms in total. The molecule has 2 fully saturated rings. The minimum Gasteiger partial charge on any atom is -0.367 e. The number of pyridine rings is 1. The van der Waals surface area contributed by atoms with Gasteiger partial charge in [-0.05, 0) is 19.4 Å². The summed E-state index contributed by atoms with van der Waals surface area (Å²) >= 11 is 5.98. The number of piperazine rings is 1. The van der Waals surface area contributed by atoms with Crippen LogP contribution in [0.3, 0.4) is 0 Å². The van der Waals surface area contributed by atoms with Crippen LogP contribution in [0.5, 0.6) is 0 Å². The number of hydrogen-bond acceptors (Lipinski definition) is 5. The summed E-state index contributed by atoms with van der Waals surface area (Å²) in [6.07, 6.45) is 3.61. The molecule has 2 aliphatic heterocycles. The van der Waals surface area contributed by atoms with Gasteiger partial charge in [0.25, 0.3) is 5.91 Å². The molecule has 3 heterocycles. The van der Waals surface area contributed by atoms with Crippen LogP contribution in [0.2, 0.25) is 5.02 Å². The lowest BCUT2D eigenvalue weighted by molar-refractivity contribution is -0.136. The number of urea groups is 1. The average Bonchev–Trinajstić information content (AvgIpc) is 2.86. The average molecular weight is 380 g/mol. The molecule has 0 aromatic carbocycles. The Labute approximate surface area is 156 Å². The summed E-state index contributed by atoms with van der Waals surface area (Å²) in [5.41, 5.74) is -0.101. The van der Waals surface area contributed by atoms with Gasteiger partial charge in [0.2, 0.25) is 5.91 Å². The largest absolute Gasteiger partial charge is 0.367 e. The second kappa shape index (κ2) is 7.11. The van der Waals surface area contributed by atoms with Crippen molar-refractivity contribution in [1.82, 2.24) is 20.5 Å². The van der Waals surface area contributed by atoms with E-state index >= 15 is 0 Å². The third kappa shape index (κ3) is 3.75. The van der Waals surface area contributed by atoms with E-state index in [0.29, 0.717) is 31.2 Å². The summed E-state index contributed by atoms with van der Waals surface area (Å²) < 4.78 is 0. The van der Waals surface area contributed by atoms with E-state index in [9.17, 15) is 14.4 Å². The van der Waals surface area contributed by atoms with E-state index < -0.39 is 11.6 Å².